The second-order valence-electron chi connectivity index (χ2n) is 2.27. The van der Waals surface area contributed by atoms with Gasteiger partial charge in [0.05, 0.1) is 0 Å². The third-order valence-corrected chi connectivity index (χ3v) is 2.43. The van der Waals surface area contributed by atoms with Crippen LogP contribution < -0.4 is 3.27 Å². The standard InChI is InChI=1S/C8H9O.Bi/c1-7(9)8-5-3-2-4-6-8;/h2-3,5-7,9H,1H3;. The summed E-state index contributed by atoms with van der Waals surface area (Å²) in [6.07, 6.45) is -0.330. The maximum atomic E-state index is 9.16. The van der Waals surface area contributed by atoms with Crippen LogP contribution in [0.15, 0.2) is 24.3 Å². The minimum atomic E-state index is -0.330. The van der Waals surface area contributed by atoms with Crippen molar-refractivity contribution in [1.29, 1.82) is 0 Å². The van der Waals surface area contributed by atoms with Crippen LogP contribution in [0.3, 0.4) is 0 Å². The van der Waals surface area contributed by atoms with E-state index < -0.39 is 0 Å². The molecule has 1 aromatic carbocycles. The fraction of sp³-hybridized carbons (Fsp3) is 0.250. The molecule has 0 aliphatic rings. The molecule has 0 saturated carbocycles. The predicted molar refractivity (Wildman–Crippen MR) is 42.5 cm³/mol. The van der Waals surface area contributed by atoms with Crippen LogP contribution >= 0.6 is 0 Å². The molecule has 2 heteroatoms. The van der Waals surface area contributed by atoms with Crippen molar-refractivity contribution in [3.63, 3.8) is 0 Å². The summed E-state index contributed by atoms with van der Waals surface area (Å²) in [7, 11) is 0. The molecule has 1 N–H and O–H groups in total. The van der Waals surface area contributed by atoms with Gasteiger partial charge in [-0.2, -0.15) is 0 Å². The van der Waals surface area contributed by atoms with E-state index in [0.29, 0.717) is 0 Å². The Kier molecular flexibility index (Phi) is 2.82. The van der Waals surface area contributed by atoms with Gasteiger partial charge in [-0.25, -0.2) is 0 Å². The van der Waals surface area contributed by atoms with Crippen LogP contribution in [0.5, 0.6) is 0 Å². The molecular weight excluding hydrogens is 321 g/mol. The summed E-state index contributed by atoms with van der Waals surface area (Å²) in [5, 5.41) is 9.16. The van der Waals surface area contributed by atoms with Crippen molar-refractivity contribution in [2.75, 3.05) is 0 Å². The van der Waals surface area contributed by atoms with E-state index in [-0.39, 0.29) is 6.10 Å². The van der Waals surface area contributed by atoms with Crippen LogP contribution in [-0.4, -0.2) is 29.8 Å². The molecule has 0 saturated heterocycles. The molecule has 52 valence electrons. The zero-order valence-corrected chi connectivity index (χ0v) is 9.26. The van der Waals surface area contributed by atoms with E-state index in [1.807, 2.05) is 18.2 Å². The quantitative estimate of drug-likeness (QED) is 0.745. The molecule has 2 radical (unpaired) electrons. The van der Waals surface area contributed by atoms with E-state index in [0.717, 1.165) is 5.56 Å². The Balaban J connectivity index is 2.96. The summed E-state index contributed by atoms with van der Waals surface area (Å²) in [6.45, 7) is 1.78. The van der Waals surface area contributed by atoms with E-state index in [2.05, 4.69) is 6.07 Å². The molecule has 10 heavy (non-hydrogen) atoms. The summed E-state index contributed by atoms with van der Waals surface area (Å²) in [5.41, 5.74) is 1.01. The van der Waals surface area contributed by atoms with Gasteiger partial charge in [0.2, 0.25) is 0 Å². The molecule has 1 nitrogen and oxygen atoms in total. The Labute approximate surface area is 75.9 Å². The molecule has 0 amide bonds. The van der Waals surface area contributed by atoms with Crippen molar-refractivity contribution in [3.8, 4) is 0 Å². The Morgan fingerprint density at radius 3 is 2.60 bits per heavy atom. The molecular formula is C8H9BiO. The molecule has 0 aliphatic heterocycles. The fourth-order valence-corrected chi connectivity index (χ4v) is 1.70. The van der Waals surface area contributed by atoms with Crippen molar-refractivity contribution in [1.82, 2.24) is 0 Å². The first-order valence-electron chi connectivity index (χ1n) is 3.17. The molecule has 1 atom stereocenters. The van der Waals surface area contributed by atoms with Gasteiger partial charge < -0.3 is 0 Å². The molecule has 0 bridgehead atoms. The monoisotopic (exact) mass is 330 g/mol. The summed E-state index contributed by atoms with van der Waals surface area (Å²) in [4.78, 5) is 0. The molecule has 0 aromatic heterocycles. The Morgan fingerprint density at radius 2 is 2.20 bits per heavy atom. The first-order chi connectivity index (χ1) is 4.70. The number of benzene rings is 1. The molecule has 1 aromatic rings. The Hall–Kier alpha value is 0.0631. The first-order valence-corrected chi connectivity index (χ1v) is 4.91. The van der Waals surface area contributed by atoms with Crippen LogP contribution in [0, 0.1) is 0 Å². The molecule has 0 spiro atoms. The average Bonchev–Trinajstić information content (AvgIpc) is 1.88. The van der Waals surface area contributed by atoms with E-state index in [9.17, 15) is 0 Å². The van der Waals surface area contributed by atoms with Gasteiger partial charge in [-0.15, -0.1) is 0 Å². The second kappa shape index (κ2) is 3.45. The van der Waals surface area contributed by atoms with Crippen LogP contribution in [0.1, 0.15) is 18.6 Å². The van der Waals surface area contributed by atoms with Crippen LogP contribution in [0.2, 0.25) is 0 Å². The van der Waals surface area contributed by atoms with Crippen LogP contribution in [0.25, 0.3) is 0 Å². The normalized spacial score (nSPS) is 13.1. The topological polar surface area (TPSA) is 20.2 Å². The van der Waals surface area contributed by atoms with Crippen molar-refractivity contribution in [2.45, 2.75) is 13.0 Å². The Bertz CT molecular complexity index is 220. The minimum absolute atomic E-state index is 0.330. The second-order valence-corrected chi connectivity index (χ2v) is 4.28. The first kappa shape index (κ1) is 8.16. The fourth-order valence-electron chi connectivity index (χ4n) is 0.785. The van der Waals surface area contributed by atoms with Crippen molar-refractivity contribution in [2.24, 2.45) is 0 Å². The maximum absolute atomic E-state index is 9.16. The van der Waals surface area contributed by atoms with E-state index >= 15 is 0 Å². The summed E-state index contributed by atoms with van der Waals surface area (Å²) in [5.74, 6) is 0. The van der Waals surface area contributed by atoms with Gasteiger partial charge >= 0.3 is 76.0 Å². The predicted octanol–water partition coefficient (Wildman–Crippen LogP) is 0.534. The number of hydrogen-bond donors (Lipinski definition) is 1. The molecule has 1 rings (SSSR count). The zero-order chi connectivity index (χ0) is 7.56. The number of aliphatic hydroxyl groups is 1. The van der Waals surface area contributed by atoms with Crippen molar-refractivity contribution >= 4 is 28.0 Å². The summed E-state index contributed by atoms with van der Waals surface area (Å²) >= 11 is 1.25. The average molecular weight is 330 g/mol. The van der Waals surface area contributed by atoms with E-state index in [4.69, 9.17) is 5.11 Å². The molecule has 0 heterocycles. The summed E-state index contributed by atoms with van der Waals surface area (Å²) in [6, 6.07) is 8.04. The van der Waals surface area contributed by atoms with Crippen LogP contribution in [-0.2, 0) is 0 Å². The van der Waals surface area contributed by atoms with Gasteiger partial charge in [-0.05, 0) is 0 Å². The van der Waals surface area contributed by atoms with Crippen molar-refractivity contribution < 1.29 is 5.11 Å². The van der Waals surface area contributed by atoms with Gasteiger partial charge in [0.1, 0.15) is 0 Å². The third kappa shape index (κ3) is 2.03. The number of hydrogen-bond acceptors (Lipinski definition) is 1. The SMILES string of the molecule is CC(O)c1ccc[c]([Bi])c1. The van der Waals surface area contributed by atoms with E-state index in [1.54, 1.807) is 6.92 Å². The van der Waals surface area contributed by atoms with Gasteiger partial charge in [-0.3, -0.25) is 0 Å². The molecule has 1 unspecified atom stereocenters. The van der Waals surface area contributed by atoms with Gasteiger partial charge in [0.15, 0.2) is 0 Å². The van der Waals surface area contributed by atoms with Gasteiger partial charge in [0, 0.05) is 0 Å². The molecule has 0 aliphatic carbocycles. The van der Waals surface area contributed by atoms with Crippen LogP contribution in [0.4, 0.5) is 0 Å². The Morgan fingerprint density at radius 1 is 1.50 bits per heavy atom. The third-order valence-electron chi connectivity index (χ3n) is 1.35. The van der Waals surface area contributed by atoms with E-state index in [1.165, 1.54) is 28.0 Å². The number of aliphatic hydroxyl groups excluding tert-OH is 1. The van der Waals surface area contributed by atoms with Gasteiger partial charge in [0.25, 0.3) is 0 Å². The van der Waals surface area contributed by atoms with Crippen molar-refractivity contribution in [3.05, 3.63) is 29.8 Å². The number of rotatable bonds is 1. The summed E-state index contributed by atoms with van der Waals surface area (Å²) < 4.78 is 1.30. The van der Waals surface area contributed by atoms with Gasteiger partial charge in [-0.1, -0.05) is 0 Å². The zero-order valence-electron chi connectivity index (χ0n) is 5.78. The molecule has 0 fully saturated rings.